The summed E-state index contributed by atoms with van der Waals surface area (Å²) in [5.41, 5.74) is 0.529. The van der Waals surface area contributed by atoms with Gasteiger partial charge in [0, 0.05) is 22.6 Å². The molecule has 11 heteroatoms. The lowest BCUT2D eigenvalue weighted by Gasteiger charge is -2.32. The topological polar surface area (TPSA) is 104 Å². The zero-order chi connectivity index (χ0) is 25.2. The van der Waals surface area contributed by atoms with Crippen LogP contribution in [-0.2, 0) is 26.2 Å². The van der Waals surface area contributed by atoms with Crippen molar-refractivity contribution in [2.75, 3.05) is 6.54 Å². The zero-order valence-electron chi connectivity index (χ0n) is 18.9. The lowest BCUT2D eigenvalue weighted by Crippen LogP contribution is -2.53. The molecule has 2 aromatic carbocycles. The van der Waals surface area contributed by atoms with Gasteiger partial charge in [0.1, 0.15) is 17.5 Å². The summed E-state index contributed by atoms with van der Waals surface area (Å²) in [6.07, 6.45) is 0.260. The Hall–Kier alpha value is -2.62. The summed E-state index contributed by atoms with van der Waals surface area (Å²) in [6, 6.07) is 9.44. The normalized spacial score (nSPS) is 15.2. The Morgan fingerprint density at radius 2 is 1.79 bits per heavy atom. The molecule has 182 valence electrons. The number of benzene rings is 2. The highest BCUT2D eigenvalue weighted by Crippen LogP contribution is 2.30. The highest BCUT2D eigenvalue weighted by Gasteiger charge is 2.43. The first kappa shape index (κ1) is 26.0. The third-order valence-electron chi connectivity index (χ3n) is 5.36. The number of hydrogen-bond donors (Lipinski definition) is 1. The van der Waals surface area contributed by atoms with Crippen molar-refractivity contribution in [2.24, 2.45) is 0 Å². The van der Waals surface area contributed by atoms with Gasteiger partial charge in [0.05, 0.1) is 5.56 Å². The highest BCUT2D eigenvalue weighted by atomic mass is 35.5. The van der Waals surface area contributed by atoms with Gasteiger partial charge in [0.2, 0.25) is 11.8 Å². The maximum absolute atomic E-state index is 13.5. The Morgan fingerprint density at radius 1 is 1.12 bits per heavy atom. The number of nitrogens with zero attached hydrogens (tertiary/aromatic N) is 2. The van der Waals surface area contributed by atoms with Gasteiger partial charge in [-0.25, -0.2) is 12.7 Å². The molecule has 2 aromatic rings. The maximum atomic E-state index is 13.5. The fourth-order valence-corrected chi connectivity index (χ4v) is 5.72. The van der Waals surface area contributed by atoms with E-state index in [0.717, 1.165) is 0 Å². The molecule has 3 amide bonds. The molecule has 0 aromatic heterocycles. The Kier molecular flexibility index (Phi) is 7.90. The second kappa shape index (κ2) is 10.3. The lowest BCUT2D eigenvalue weighted by atomic mass is 10.1. The Labute approximate surface area is 208 Å². The van der Waals surface area contributed by atoms with E-state index in [-0.39, 0.29) is 29.5 Å². The van der Waals surface area contributed by atoms with Crippen LogP contribution in [0.4, 0.5) is 0 Å². The van der Waals surface area contributed by atoms with Crippen LogP contribution in [0.3, 0.4) is 0 Å². The summed E-state index contributed by atoms with van der Waals surface area (Å²) in [7, 11) is -4.19. The molecule has 1 heterocycles. The van der Waals surface area contributed by atoms with Crippen molar-refractivity contribution < 1.29 is 22.8 Å². The number of nitrogens with one attached hydrogen (secondary N) is 1. The van der Waals surface area contributed by atoms with Gasteiger partial charge in [-0.05, 0) is 50.1 Å². The van der Waals surface area contributed by atoms with E-state index in [1.165, 1.54) is 29.2 Å². The standard InChI is InChI=1S/C23H25Cl2N3O5S/c1-4-19(22(30)26-14(2)3)27(12-15-9-10-16(24)11-18(15)25)21(29)13-28-23(31)17-7-5-6-8-20(17)34(28,32)33/h5-11,14,19H,4,12-13H2,1-3H3,(H,26,30)/t19-/m0/s1. The third-order valence-corrected chi connectivity index (χ3v) is 7.74. The van der Waals surface area contributed by atoms with Crippen molar-refractivity contribution in [2.45, 2.75) is 50.7 Å². The average Bonchev–Trinajstić information content (AvgIpc) is 2.95. The van der Waals surface area contributed by atoms with Crippen molar-refractivity contribution in [3.05, 3.63) is 63.6 Å². The molecule has 34 heavy (non-hydrogen) atoms. The van der Waals surface area contributed by atoms with Crippen LogP contribution < -0.4 is 5.32 Å². The monoisotopic (exact) mass is 525 g/mol. The molecule has 1 aliphatic rings. The second-order valence-corrected chi connectivity index (χ2v) is 10.8. The molecular formula is C23H25Cl2N3O5S. The summed E-state index contributed by atoms with van der Waals surface area (Å²) < 4.78 is 26.4. The SMILES string of the molecule is CC[C@@H](C(=O)NC(C)C)N(Cc1ccc(Cl)cc1Cl)C(=O)CN1C(=O)c2ccccc2S1(=O)=O. The van der Waals surface area contributed by atoms with E-state index in [1.54, 1.807) is 39.0 Å². The largest absolute Gasteiger partial charge is 0.352 e. The van der Waals surface area contributed by atoms with Gasteiger partial charge in [-0.3, -0.25) is 14.4 Å². The summed E-state index contributed by atoms with van der Waals surface area (Å²) in [4.78, 5) is 40.3. The van der Waals surface area contributed by atoms with Gasteiger partial charge >= 0.3 is 0 Å². The van der Waals surface area contributed by atoms with Gasteiger partial charge in [0.25, 0.3) is 15.9 Å². The average molecular weight is 526 g/mol. The summed E-state index contributed by atoms with van der Waals surface area (Å²) in [6.45, 7) is 4.50. The third kappa shape index (κ3) is 5.21. The molecule has 0 spiro atoms. The van der Waals surface area contributed by atoms with E-state index in [0.29, 0.717) is 19.9 Å². The van der Waals surface area contributed by atoms with Gasteiger partial charge in [-0.2, -0.15) is 0 Å². The zero-order valence-corrected chi connectivity index (χ0v) is 21.2. The van der Waals surface area contributed by atoms with Crippen LogP contribution in [0.15, 0.2) is 47.4 Å². The smallest absolute Gasteiger partial charge is 0.269 e. The molecule has 0 fully saturated rings. The Balaban J connectivity index is 1.96. The van der Waals surface area contributed by atoms with Crippen molar-refractivity contribution in [1.29, 1.82) is 0 Å². The van der Waals surface area contributed by atoms with Crippen LogP contribution in [0.25, 0.3) is 0 Å². The van der Waals surface area contributed by atoms with Gasteiger partial charge < -0.3 is 10.2 Å². The van der Waals surface area contributed by atoms with E-state index in [4.69, 9.17) is 23.2 Å². The number of hydrogen-bond acceptors (Lipinski definition) is 5. The number of carbonyl (C=O) groups excluding carboxylic acids is 3. The van der Waals surface area contributed by atoms with E-state index in [2.05, 4.69) is 5.32 Å². The minimum absolute atomic E-state index is 0.00666. The summed E-state index contributed by atoms with van der Waals surface area (Å²) in [5, 5.41) is 3.48. The van der Waals surface area contributed by atoms with Crippen LogP contribution in [0, 0.1) is 0 Å². The van der Waals surface area contributed by atoms with Crippen LogP contribution in [0.1, 0.15) is 43.1 Å². The fraction of sp³-hybridized carbons (Fsp3) is 0.348. The predicted octanol–water partition coefficient (Wildman–Crippen LogP) is 3.47. The first-order chi connectivity index (χ1) is 16.0. The fourth-order valence-electron chi connectivity index (χ4n) is 3.73. The van der Waals surface area contributed by atoms with Crippen molar-refractivity contribution in [1.82, 2.24) is 14.5 Å². The molecule has 0 saturated carbocycles. The van der Waals surface area contributed by atoms with Crippen LogP contribution in [-0.4, -0.2) is 54.0 Å². The number of rotatable bonds is 8. The number of sulfonamides is 1. The van der Waals surface area contributed by atoms with Crippen LogP contribution in [0.5, 0.6) is 0 Å². The van der Waals surface area contributed by atoms with Crippen molar-refractivity contribution in [3.63, 3.8) is 0 Å². The quantitative estimate of drug-likeness (QED) is 0.568. The summed E-state index contributed by atoms with van der Waals surface area (Å²) in [5.74, 6) is -1.88. The molecule has 8 nitrogen and oxygen atoms in total. The van der Waals surface area contributed by atoms with Gasteiger partial charge in [-0.15, -0.1) is 0 Å². The minimum Gasteiger partial charge on any atom is -0.352 e. The molecule has 0 radical (unpaired) electrons. The molecule has 1 aliphatic heterocycles. The summed E-state index contributed by atoms with van der Waals surface area (Å²) >= 11 is 12.3. The number of carbonyl (C=O) groups is 3. The molecule has 3 rings (SSSR count). The van der Waals surface area contributed by atoms with Gasteiger partial charge in [-0.1, -0.05) is 48.3 Å². The van der Waals surface area contributed by atoms with Crippen LogP contribution >= 0.6 is 23.2 Å². The maximum Gasteiger partial charge on any atom is 0.269 e. The minimum atomic E-state index is -4.19. The van der Waals surface area contributed by atoms with E-state index < -0.39 is 40.3 Å². The first-order valence-corrected chi connectivity index (χ1v) is 12.9. The molecule has 1 N–H and O–H groups in total. The predicted molar refractivity (Wildman–Crippen MR) is 129 cm³/mol. The van der Waals surface area contributed by atoms with E-state index in [9.17, 15) is 22.8 Å². The van der Waals surface area contributed by atoms with Crippen molar-refractivity contribution >= 4 is 50.9 Å². The first-order valence-electron chi connectivity index (χ1n) is 10.7. The number of amides is 3. The molecule has 0 bridgehead atoms. The molecule has 0 unspecified atom stereocenters. The second-order valence-electron chi connectivity index (χ2n) is 8.16. The van der Waals surface area contributed by atoms with Crippen molar-refractivity contribution in [3.8, 4) is 0 Å². The molecule has 1 atom stereocenters. The Morgan fingerprint density at radius 3 is 2.38 bits per heavy atom. The molecule has 0 saturated heterocycles. The number of fused-ring (bicyclic) bond motifs is 1. The van der Waals surface area contributed by atoms with E-state index in [1.807, 2.05) is 0 Å². The molecule has 0 aliphatic carbocycles. The lowest BCUT2D eigenvalue weighted by molar-refractivity contribution is -0.141. The van der Waals surface area contributed by atoms with Gasteiger partial charge in [0.15, 0.2) is 0 Å². The highest BCUT2D eigenvalue weighted by molar-refractivity contribution is 7.90. The molecular weight excluding hydrogens is 501 g/mol. The Bertz CT molecular complexity index is 1230. The number of halogens is 2. The van der Waals surface area contributed by atoms with E-state index >= 15 is 0 Å². The van der Waals surface area contributed by atoms with Crippen LogP contribution in [0.2, 0.25) is 10.0 Å².